The van der Waals surface area contributed by atoms with Crippen molar-refractivity contribution in [2.75, 3.05) is 24.4 Å². The number of hydrogen-bond acceptors (Lipinski definition) is 7. The smallest absolute Gasteiger partial charge is 0.340 e. The normalized spacial score (nSPS) is 10.2. The molecule has 1 aromatic heterocycles. The number of esters is 1. The molecular weight excluding hydrogens is 356 g/mol. The van der Waals surface area contributed by atoms with Crippen molar-refractivity contribution in [3.05, 3.63) is 66.0 Å². The number of carbonyl (C=O) groups excluding carboxylic acids is 1. The van der Waals surface area contributed by atoms with Gasteiger partial charge in [-0.3, -0.25) is 0 Å². The van der Waals surface area contributed by atoms with Gasteiger partial charge in [0.2, 0.25) is 0 Å². The number of rotatable bonds is 7. The van der Waals surface area contributed by atoms with Gasteiger partial charge in [-0.2, -0.15) is 0 Å². The van der Waals surface area contributed by atoms with E-state index < -0.39 is 0 Å². The van der Waals surface area contributed by atoms with Crippen LogP contribution >= 0.6 is 0 Å². The number of ether oxygens (including phenoxy) is 2. The van der Waals surface area contributed by atoms with E-state index >= 15 is 0 Å². The van der Waals surface area contributed by atoms with Gasteiger partial charge in [0.15, 0.2) is 0 Å². The van der Waals surface area contributed by atoms with Crippen LogP contribution in [0.1, 0.15) is 23.1 Å². The van der Waals surface area contributed by atoms with Crippen LogP contribution in [0.5, 0.6) is 5.75 Å². The molecule has 0 atom stereocenters. The fourth-order valence-electron chi connectivity index (χ4n) is 2.66. The lowest BCUT2D eigenvalue weighted by atomic mass is 10.2. The van der Waals surface area contributed by atoms with Crippen molar-refractivity contribution < 1.29 is 14.3 Å². The molecule has 144 valence electrons. The number of nitrogens with zero attached hydrogens (tertiary/aromatic N) is 2. The SMILES string of the molecule is CCOC(=O)c1ccccc1Nc1cc(Nc2cccc(OC)c2)nc(C)n1. The van der Waals surface area contributed by atoms with E-state index in [9.17, 15) is 4.79 Å². The van der Waals surface area contributed by atoms with Crippen LogP contribution in [-0.4, -0.2) is 29.7 Å². The van der Waals surface area contributed by atoms with Gasteiger partial charge in [0.05, 0.1) is 25.0 Å². The standard InChI is InChI=1S/C21H22N4O3/c1-4-28-21(26)17-10-5-6-11-18(17)25-20-13-19(22-14(2)23-20)24-15-8-7-9-16(12-15)27-3/h5-13H,4H2,1-3H3,(H2,22,23,24,25). The third-order valence-electron chi connectivity index (χ3n) is 3.87. The summed E-state index contributed by atoms with van der Waals surface area (Å²) < 4.78 is 10.4. The minimum Gasteiger partial charge on any atom is -0.497 e. The number of benzene rings is 2. The Morgan fingerprint density at radius 3 is 2.50 bits per heavy atom. The molecule has 1 heterocycles. The third kappa shape index (κ3) is 4.76. The fraction of sp³-hybridized carbons (Fsp3) is 0.190. The lowest BCUT2D eigenvalue weighted by molar-refractivity contribution is 0.0527. The van der Waals surface area contributed by atoms with Gasteiger partial charge in [-0.25, -0.2) is 14.8 Å². The van der Waals surface area contributed by atoms with Crippen molar-refractivity contribution in [3.8, 4) is 5.75 Å². The zero-order valence-corrected chi connectivity index (χ0v) is 16.0. The van der Waals surface area contributed by atoms with Gasteiger partial charge in [-0.05, 0) is 38.1 Å². The molecule has 7 nitrogen and oxygen atoms in total. The molecule has 0 saturated heterocycles. The molecule has 0 saturated carbocycles. The second-order valence-electron chi connectivity index (χ2n) is 5.93. The first-order chi connectivity index (χ1) is 13.6. The molecule has 0 bridgehead atoms. The number of hydrogen-bond donors (Lipinski definition) is 2. The van der Waals surface area contributed by atoms with E-state index in [0.29, 0.717) is 35.3 Å². The Hall–Kier alpha value is -3.61. The molecule has 2 aromatic carbocycles. The van der Waals surface area contributed by atoms with Crippen LogP contribution in [0.4, 0.5) is 23.0 Å². The number of nitrogens with one attached hydrogen (secondary N) is 2. The second kappa shape index (κ2) is 8.85. The highest BCUT2D eigenvalue weighted by Gasteiger charge is 2.13. The molecule has 0 aliphatic carbocycles. The van der Waals surface area contributed by atoms with Crippen molar-refractivity contribution >= 4 is 29.0 Å². The highest BCUT2D eigenvalue weighted by atomic mass is 16.5. The largest absolute Gasteiger partial charge is 0.497 e. The molecule has 28 heavy (non-hydrogen) atoms. The zero-order chi connectivity index (χ0) is 19.9. The van der Waals surface area contributed by atoms with E-state index in [0.717, 1.165) is 11.4 Å². The quantitative estimate of drug-likeness (QED) is 0.587. The van der Waals surface area contributed by atoms with Crippen molar-refractivity contribution in [2.45, 2.75) is 13.8 Å². The predicted molar refractivity (Wildman–Crippen MR) is 109 cm³/mol. The summed E-state index contributed by atoms with van der Waals surface area (Å²) in [4.78, 5) is 21.0. The van der Waals surface area contributed by atoms with Crippen molar-refractivity contribution in [1.29, 1.82) is 0 Å². The molecule has 0 fully saturated rings. The van der Waals surface area contributed by atoms with E-state index in [1.54, 1.807) is 45.2 Å². The molecule has 0 unspecified atom stereocenters. The minimum atomic E-state index is -0.383. The molecule has 3 rings (SSSR count). The van der Waals surface area contributed by atoms with Crippen LogP contribution in [-0.2, 0) is 4.74 Å². The fourth-order valence-corrected chi connectivity index (χ4v) is 2.66. The summed E-state index contributed by atoms with van der Waals surface area (Å²) in [5, 5.41) is 6.43. The maximum absolute atomic E-state index is 12.2. The van der Waals surface area contributed by atoms with Gasteiger partial charge >= 0.3 is 5.97 Å². The van der Waals surface area contributed by atoms with Crippen LogP contribution in [0.25, 0.3) is 0 Å². The Kier molecular flexibility index (Phi) is 6.06. The van der Waals surface area contributed by atoms with Crippen molar-refractivity contribution in [3.63, 3.8) is 0 Å². The molecule has 0 aliphatic rings. The first kappa shape index (κ1) is 19.2. The summed E-state index contributed by atoms with van der Waals surface area (Å²) in [7, 11) is 1.62. The van der Waals surface area contributed by atoms with E-state index in [1.165, 1.54) is 0 Å². The molecule has 0 radical (unpaired) electrons. The van der Waals surface area contributed by atoms with Gasteiger partial charge in [0.25, 0.3) is 0 Å². The lowest BCUT2D eigenvalue weighted by Gasteiger charge is -2.13. The van der Waals surface area contributed by atoms with Crippen LogP contribution in [0, 0.1) is 6.92 Å². The van der Waals surface area contributed by atoms with Crippen LogP contribution in [0.2, 0.25) is 0 Å². The summed E-state index contributed by atoms with van der Waals surface area (Å²) in [6.07, 6.45) is 0. The van der Waals surface area contributed by atoms with Gasteiger partial charge in [-0.1, -0.05) is 18.2 Å². The highest BCUT2D eigenvalue weighted by molar-refractivity contribution is 5.96. The molecule has 2 N–H and O–H groups in total. The second-order valence-corrected chi connectivity index (χ2v) is 5.93. The van der Waals surface area contributed by atoms with E-state index in [-0.39, 0.29) is 5.97 Å². The predicted octanol–water partition coefficient (Wildman–Crippen LogP) is 4.46. The summed E-state index contributed by atoms with van der Waals surface area (Å²) in [5.41, 5.74) is 1.91. The summed E-state index contributed by atoms with van der Waals surface area (Å²) in [6, 6.07) is 16.5. The molecular formula is C21H22N4O3. The van der Waals surface area contributed by atoms with Gasteiger partial charge in [0, 0.05) is 17.8 Å². The van der Waals surface area contributed by atoms with E-state index in [4.69, 9.17) is 9.47 Å². The molecule has 0 amide bonds. The maximum atomic E-state index is 12.2. The Labute approximate surface area is 163 Å². The number of carbonyl (C=O) groups is 1. The molecule has 3 aromatic rings. The van der Waals surface area contributed by atoms with Crippen molar-refractivity contribution in [2.24, 2.45) is 0 Å². The first-order valence-electron chi connectivity index (χ1n) is 8.89. The summed E-state index contributed by atoms with van der Waals surface area (Å²) in [5.74, 6) is 2.14. The topological polar surface area (TPSA) is 85.4 Å². The van der Waals surface area contributed by atoms with Crippen LogP contribution in [0.3, 0.4) is 0 Å². The van der Waals surface area contributed by atoms with Crippen LogP contribution in [0.15, 0.2) is 54.6 Å². The minimum absolute atomic E-state index is 0.314. The number of methoxy groups -OCH3 is 1. The van der Waals surface area contributed by atoms with Gasteiger partial charge in [0.1, 0.15) is 23.2 Å². The Balaban J connectivity index is 1.85. The maximum Gasteiger partial charge on any atom is 0.340 e. The monoisotopic (exact) mass is 378 g/mol. The van der Waals surface area contributed by atoms with E-state index in [2.05, 4.69) is 20.6 Å². The summed E-state index contributed by atoms with van der Waals surface area (Å²) in [6.45, 7) is 3.89. The van der Waals surface area contributed by atoms with Gasteiger partial charge < -0.3 is 20.1 Å². The number of anilines is 4. The number of aromatic nitrogens is 2. The number of para-hydroxylation sites is 1. The Morgan fingerprint density at radius 2 is 1.75 bits per heavy atom. The average molecular weight is 378 g/mol. The van der Waals surface area contributed by atoms with Crippen molar-refractivity contribution in [1.82, 2.24) is 9.97 Å². The molecule has 0 aliphatic heterocycles. The Morgan fingerprint density at radius 1 is 1.00 bits per heavy atom. The average Bonchev–Trinajstić information content (AvgIpc) is 2.68. The lowest BCUT2D eigenvalue weighted by Crippen LogP contribution is -2.09. The highest BCUT2D eigenvalue weighted by Crippen LogP contribution is 2.24. The summed E-state index contributed by atoms with van der Waals surface area (Å²) >= 11 is 0. The molecule has 7 heteroatoms. The zero-order valence-electron chi connectivity index (χ0n) is 16.0. The van der Waals surface area contributed by atoms with Gasteiger partial charge in [-0.15, -0.1) is 0 Å². The number of aryl methyl sites for hydroxylation is 1. The van der Waals surface area contributed by atoms with E-state index in [1.807, 2.05) is 30.3 Å². The molecule has 0 spiro atoms. The third-order valence-corrected chi connectivity index (χ3v) is 3.87. The first-order valence-corrected chi connectivity index (χ1v) is 8.89. The Bertz CT molecular complexity index is 975. The van der Waals surface area contributed by atoms with Crippen LogP contribution < -0.4 is 15.4 Å².